The van der Waals surface area contributed by atoms with Crippen LogP contribution >= 0.6 is 0 Å². The summed E-state index contributed by atoms with van der Waals surface area (Å²) in [5.74, 6) is 9.38. The molecule has 0 aromatic heterocycles. The number of fused-ring (bicyclic) bond motifs is 7. The second-order valence-corrected chi connectivity index (χ2v) is 9.01. The van der Waals surface area contributed by atoms with Gasteiger partial charge in [0.25, 0.3) is 0 Å². The molecule has 0 N–H and O–H groups in total. The molecular weight excluding hydrogens is 228 g/mol. The van der Waals surface area contributed by atoms with Gasteiger partial charge in [-0.2, -0.15) is 0 Å². The number of hydrogen-bond donors (Lipinski definition) is 0. The molecule has 0 heterocycles. The Balaban J connectivity index is 1.24. The highest BCUT2D eigenvalue weighted by Gasteiger charge is 2.52. The van der Waals surface area contributed by atoms with Gasteiger partial charge in [-0.15, -0.1) is 0 Å². The first-order valence-electron chi connectivity index (χ1n) is 9.37. The molecule has 5 fully saturated rings. The molecule has 0 saturated heterocycles. The van der Waals surface area contributed by atoms with E-state index >= 15 is 0 Å². The van der Waals surface area contributed by atoms with Crippen molar-refractivity contribution >= 4 is 0 Å². The topological polar surface area (TPSA) is 0 Å². The third kappa shape index (κ3) is 1.77. The van der Waals surface area contributed by atoms with Gasteiger partial charge < -0.3 is 0 Å². The molecule has 7 unspecified atom stereocenters. The van der Waals surface area contributed by atoms with Crippen molar-refractivity contribution in [3.8, 4) is 0 Å². The van der Waals surface area contributed by atoms with Crippen molar-refractivity contribution in [3.05, 3.63) is 0 Å². The van der Waals surface area contributed by atoms with Gasteiger partial charge in [-0.05, 0) is 105 Å². The van der Waals surface area contributed by atoms with Gasteiger partial charge in [0, 0.05) is 0 Å². The first kappa shape index (κ1) is 11.6. The Morgan fingerprint density at radius 1 is 0.579 bits per heavy atom. The molecule has 7 atom stereocenters. The molecule has 106 valence electrons. The average molecular weight is 258 g/mol. The van der Waals surface area contributed by atoms with E-state index in [0.29, 0.717) is 0 Å². The molecule has 4 bridgehead atoms. The molecule has 0 radical (unpaired) electrons. The van der Waals surface area contributed by atoms with Crippen LogP contribution in [0.3, 0.4) is 0 Å². The Morgan fingerprint density at radius 2 is 1.26 bits per heavy atom. The Labute approximate surface area is 118 Å². The predicted octanol–water partition coefficient (Wildman–Crippen LogP) is 5.28. The van der Waals surface area contributed by atoms with Gasteiger partial charge in [0.05, 0.1) is 0 Å². The first-order valence-corrected chi connectivity index (χ1v) is 9.37. The van der Waals surface area contributed by atoms with E-state index in [1.54, 1.807) is 70.6 Å². The Kier molecular flexibility index (Phi) is 2.60. The summed E-state index contributed by atoms with van der Waals surface area (Å²) in [5, 5.41) is 0. The van der Waals surface area contributed by atoms with Gasteiger partial charge in [-0.3, -0.25) is 0 Å². The third-order valence-electron chi connectivity index (χ3n) is 8.32. The summed E-state index contributed by atoms with van der Waals surface area (Å²) in [5.41, 5.74) is 0. The maximum atomic E-state index is 1.65. The van der Waals surface area contributed by atoms with Crippen molar-refractivity contribution in [2.75, 3.05) is 0 Å². The van der Waals surface area contributed by atoms with Crippen LogP contribution in [0.2, 0.25) is 0 Å². The van der Waals surface area contributed by atoms with E-state index in [0.717, 1.165) is 23.7 Å². The minimum Gasteiger partial charge on any atom is -0.0502 e. The lowest BCUT2D eigenvalue weighted by molar-refractivity contribution is 0.200. The average Bonchev–Trinajstić information content (AvgIpc) is 3.15. The quantitative estimate of drug-likeness (QED) is 0.632. The van der Waals surface area contributed by atoms with Gasteiger partial charge >= 0.3 is 0 Å². The molecule has 0 heteroatoms. The Hall–Kier alpha value is 0. The minimum absolute atomic E-state index is 1.15. The fourth-order valence-electron chi connectivity index (χ4n) is 7.55. The smallest absolute Gasteiger partial charge is 0.0352 e. The van der Waals surface area contributed by atoms with Crippen molar-refractivity contribution in [1.29, 1.82) is 0 Å². The highest BCUT2D eigenvalue weighted by molar-refractivity contribution is 5.02. The lowest BCUT2D eigenvalue weighted by Gasteiger charge is -2.31. The largest absolute Gasteiger partial charge is 0.0502 e. The lowest BCUT2D eigenvalue weighted by Crippen LogP contribution is -2.20. The van der Waals surface area contributed by atoms with E-state index < -0.39 is 0 Å². The van der Waals surface area contributed by atoms with Crippen molar-refractivity contribution in [2.24, 2.45) is 47.3 Å². The molecule has 5 aliphatic rings. The summed E-state index contributed by atoms with van der Waals surface area (Å²) >= 11 is 0. The van der Waals surface area contributed by atoms with E-state index in [2.05, 4.69) is 0 Å². The summed E-state index contributed by atoms with van der Waals surface area (Å²) in [7, 11) is 0. The maximum absolute atomic E-state index is 1.65. The van der Waals surface area contributed by atoms with Crippen LogP contribution in [0.25, 0.3) is 0 Å². The van der Waals surface area contributed by atoms with Crippen LogP contribution in [0.4, 0.5) is 0 Å². The summed E-state index contributed by atoms with van der Waals surface area (Å²) in [6.45, 7) is 0. The second kappa shape index (κ2) is 4.25. The van der Waals surface area contributed by atoms with E-state index in [1.165, 1.54) is 23.7 Å². The van der Waals surface area contributed by atoms with E-state index in [-0.39, 0.29) is 0 Å². The van der Waals surface area contributed by atoms with E-state index in [9.17, 15) is 0 Å². The van der Waals surface area contributed by atoms with Gasteiger partial charge in [-0.1, -0.05) is 12.8 Å². The van der Waals surface area contributed by atoms with Crippen molar-refractivity contribution in [3.63, 3.8) is 0 Å². The van der Waals surface area contributed by atoms with Crippen LogP contribution in [0, 0.1) is 47.3 Å². The zero-order chi connectivity index (χ0) is 12.4. The highest BCUT2D eigenvalue weighted by atomic mass is 14.6. The zero-order valence-corrected chi connectivity index (χ0v) is 12.4. The second-order valence-electron chi connectivity index (χ2n) is 9.01. The Bertz CT molecular complexity index is 341. The molecule has 0 amide bonds. The number of rotatable bonds is 2. The summed E-state index contributed by atoms with van der Waals surface area (Å²) in [6.07, 6.45) is 17.8. The highest BCUT2D eigenvalue weighted by Crippen LogP contribution is 2.61. The van der Waals surface area contributed by atoms with E-state index in [4.69, 9.17) is 0 Å². The van der Waals surface area contributed by atoms with Gasteiger partial charge in [-0.25, -0.2) is 0 Å². The molecule has 19 heavy (non-hydrogen) atoms. The lowest BCUT2D eigenvalue weighted by atomic mass is 9.75. The predicted molar refractivity (Wildman–Crippen MR) is 78.7 cm³/mol. The van der Waals surface area contributed by atoms with Crippen molar-refractivity contribution in [1.82, 2.24) is 0 Å². The molecular formula is C19H30. The molecule has 0 aromatic carbocycles. The van der Waals surface area contributed by atoms with Crippen molar-refractivity contribution in [2.45, 2.75) is 70.6 Å². The van der Waals surface area contributed by atoms with Crippen LogP contribution in [0.15, 0.2) is 0 Å². The normalized spacial score (nSPS) is 58.7. The van der Waals surface area contributed by atoms with Crippen LogP contribution in [-0.4, -0.2) is 0 Å². The summed E-state index contributed by atoms with van der Waals surface area (Å²) in [6, 6.07) is 0. The monoisotopic (exact) mass is 258 g/mol. The Morgan fingerprint density at radius 3 is 2.05 bits per heavy atom. The van der Waals surface area contributed by atoms with E-state index in [1.807, 2.05) is 0 Å². The van der Waals surface area contributed by atoms with Crippen LogP contribution in [0.1, 0.15) is 70.6 Å². The standard InChI is InChI=1S/C19H30/c1-3-14-7-12(1)2-4-15(14)8-13-9-18-16-5-6-17(11-16)19(18)10-13/h12-19H,1-11H2. The fourth-order valence-corrected chi connectivity index (χ4v) is 7.55. The molecule has 0 spiro atoms. The first-order chi connectivity index (χ1) is 9.37. The molecule has 0 nitrogen and oxygen atoms in total. The maximum Gasteiger partial charge on any atom is -0.0352 e. The molecule has 5 rings (SSSR count). The number of hydrogen-bond acceptors (Lipinski definition) is 0. The van der Waals surface area contributed by atoms with Gasteiger partial charge in [0.15, 0.2) is 0 Å². The van der Waals surface area contributed by atoms with Crippen LogP contribution in [0.5, 0.6) is 0 Å². The molecule has 0 aromatic rings. The summed E-state index contributed by atoms with van der Waals surface area (Å²) in [4.78, 5) is 0. The van der Waals surface area contributed by atoms with Crippen LogP contribution in [-0.2, 0) is 0 Å². The molecule has 5 aliphatic carbocycles. The minimum atomic E-state index is 1.15. The van der Waals surface area contributed by atoms with Gasteiger partial charge in [0.1, 0.15) is 0 Å². The third-order valence-corrected chi connectivity index (χ3v) is 8.32. The van der Waals surface area contributed by atoms with Gasteiger partial charge in [0.2, 0.25) is 0 Å². The SMILES string of the molecule is C1CC2CC1CCC2CC1CC2C3CCC(C3)C2C1. The fraction of sp³-hybridized carbons (Fsp3) is 1.00. The molecule has 0 aliphatic heterocycles. The molecule has 5 saturated carbocycles. The van der Waals surface area contributed by atoms with Crippen LogP contribution < -0.4 is 0 Å². The summed E-state index contributed by atoms with van der Waals surface area (Å²) < 4.78 is 0. The van der Waals surface area contributed by atoms with Crippen molar-refractivity contribution < 1.29 is 0 Å². The zero-order valence-electron chi connectivity index (χ0n) is 12.4.